The van der Waals surface area contributed by atoms with Gasteiger partial charge in [0.05, 0.1) is 17.7 Å². The fraction of sp³-hybridized carbons (Fsp3) is 0.333. The maximum absolute atomic E-state index is 13.7. The van der Waals surface area contributed by atoms with E-state index in [4.69, 9.17) is 0 Å². The highest BCUT2D eigenvalue weighted by atomic mass is 19.1. The van der Waals surface area contributed by atoms with E-state index in [1.165, 1.54) is 6.07 Å². The number of carbonyl (C=O) groups excluding carboxylic acids is 1. The highest BCUT2D eigenvalue weighted by Gasteiger charge is 2.15. The molecule has 1 aromatic heterocycles. The van der Waals surface area contributed by atoms with Crippen molar-refractivity contribution in [2.45, 2.75) is 26.7 Å². The van der Waals surface area contributed by atoms with Crippen molar-refractivity contribution in [1.29, 1.82) is 0 Å². The van der Waals surface area contributed by atoms with E-state index < -0.39 is 5.82 Å². The molecule has 0 fully saturated rings. The monoisotopic (exact) mass is 260 g/mol. The molecular formula is C15H17FN2O. The molecular weight excluding hydrogens is 243 g/mol. The van der Waals surface area contributed by atoms with Crippen LogP contribution in [-0.2, 0) is 19.9 Å². The molecule has 0 aliphatic rings. The van der Waals surface area contributed by atoms with Crippen LogP contribution in [0, 0.1) is 12.7 Å². The summed E-state index contributed by atoms with van der Waals surface area (Å²) < 4.78 is 15.4. The average molecular weight is 260 g/mol. The maximum atomic E-state index is 13.7. The second-order valence-corrected chi connectivity index (χ2v) is 4.69. The van der Waals surface area contributed by atoms with E-state index in [0.717, 1.165) is 23.4 Å². The summed E-state index contributed by atoms with van der Waals surface area (Å²) in [5, 5.41) is 4.28. The van der Waals surface area contributed by atoms with Crippen molar-refractivity contribution in [2.24, 2.45) is 7.05 Å². The fourth-order valence-corrected chi connectivity index (χ4v) is 2.02. The molecule has 0 atom stereocenters. The molecule has 0 saturated carbocycles. The van der Waals surface area contributed by atoms with E-state index >= 15 is 0 Å². The largest absolute Gasteiger partial charge is 0.294 e. The van der Waals surface area contributed by atoms with E-state index in [-0.39, 0.29) is 17.8 Å². The van der Waals surface area contributed by atoms with Gasteiger partial charge in [0, 0.05) is 12.7 Å². The van der Waals surface area contributed by atoms with Gasteiger partial charge >= 0.3 is 0 Å². The van der Waals surface area contributed by atoms with Crippen LogP contribution in [-0.4, -0.2) is 15.6 Å². The van der Waals surface area contributed by atoms with Crippen LogP contribution in [0.3, 0.4) is 0 Å². The number of rotatable bonds is 4. The molecule has 3 nitrogen and oxygen atoms in total. The van der Waals surface area contributed by atoms with E-state index in [9.17, 15) is 9.18 Å². The molecule has 0 unspecified atom stereocenters. The third-order valence-electron chi connectivity index (χ3n) is 3.16. The van der Waals surface area contributed by atoms with Gasteiger partial charge in [0.15, 0.2) is 5.78 Å². The van der Waals surface area contributed by atoms with Crippen molar-refractivity contribution in [2.75, 3.05) is 0 Å². The summed E-state index contributed by atoms with van der Waals surface area (Å²) in [5.41, 5.74) is 2.70. The number of benzene rings is 1. The first-order chi connectivity index (χ1) is 9.01. The molecule has 4 heteroatoms. The van der Waals surface area contributed by atoms with Crippen molar-refractivity contribution in [1.82, 2.24) is 9.78 Å². The van der Waals surface area contributed by atoms with Crippen LogP contribution in [0.5, 0.6) is 0 Å². The first-order valence-corrected chi connectivity index (χ1v) is 6.32. The lowest BCUT2D eigenvalue weighted by atomic mass is 10.0. The topological polar surface area (TPSA) is 34.9 Å². The molecule has 2 rings (SSSR count). The Balaban J connectivity index is 2.23. The minimum absolute atomic E-state index is 0.143. The van der Waals surface area contributed by atoms with Crippen LogP contribution in [0.2, 0.25) is 0 Å². The Morgan fingerprint density at radius 2 is 2.11 bits per heavy atom. The number of aryl methyl sites for hydroxylation is 3. The third kappa shape index (κ3) is 2.89. The van der Waals surface area contributed by atoms with Crippen molar-refractivity contribution >= 4 is 5.78 Å². The molecule has 0 radical (unpaired) electrons. The van der Waals surface area contributed by atoms with Crippen molar-refractivity contribution < 1.29 is 9.18 Å². The Kier molecular flexibility index (Phi) is 3.79. The number of halogens is 1. The van der Waals surface area contributed by atoms with Crippen LogP contribution in [0.1, 0.15) is 34.2 Å². The van der Waals surface area contributed by atoms with Crippen LogP contribution >= 0.6 is 0 Å². The summed E-state index contributed by atoms with van der Waals surface area (Å²) in [7, 11) is 1.80. The van der Waals surface area contributed by atoms with Gasteiger partial charge in [-0.1, -0.05) is 13.0 Å². The molecule has 0 N–H and O–H groups in total. The Hall–Kier alpha value is -1.97. The summed E-state index contributed by atoms with van der Waals surface area (Å²) in [6.45, 7) is 3.81. The molecule has 0 amide bonds. The molecule has 0 spiro atoms. The van der Waals surface area contributed by atoms with Gasteiger partial charge in [-0.15, -0.1) is 0 Å². The zero-order valence-corrected chi connectivity index (χ0v) is 11.4. The fourth-order valence-electron chi connectivity index (χ4n) is 2.02. The number of ketones is 1. The predicted molar refractivity (Wildman–Crippen MR) is 71.8 cm³/mol. The first-order valence-electron chi connectivity index (χ1n) is 6.32. The predicted octanol–water partition coefficient (Wildman–Crippen LogP) is 2.86. The summed E-state index contributed by atoms with van der Waals surface area (Å²) in [4.78, 5) is 12.1. The summed E-state index contributed by atoms with van der Waals surface area (Å²) >= 11 is 0. The zero-order chi connectivity index (χ0) is 14.0. The minimum atomic E-state index is -0.456. The number of hydrogen-bond donors (Lipinski definition) is 0. The van der Waals surface area contributed by atoms with Gasteiger partial charge in [0.25, 0.3) is 0 Å². The van der Waals surface area contributed by atoms with Gasteiger partial charge in [-0.3, -0.25) is 9.48 Å². The van der Waals surface area contributed by atoms with Gasteiger partial charge in [-0.25, -0.2) is 4.39 Å². The highest BCUT2D eigenvalue weighted by Crippen LogP contribution is 2.14. The van der Waals surface area contributed by atoms with Gasteiger partial charge in [0.2, 0.25) is 0 Å². The number of hydrogen-bond acceptors (Lipinski definition) is 2. The summed E-state index contributed by atoms with van der Waals surface area (Å²) in [6.07, 6.45) is 0.990. The minimum Gasteiger partial charge on any atom is -0.294 e. The lowest BCUT2D eigenvalue weighted by Gasteiger charge is -2.04. The van der Waals surface area contributed by atoms with Gasteiger partial charge in [-0.2, -0.15) is 5.10 Å². The number of nitrogens with zero attached hydrogens (tertiary/aromatic N) is 2. The molecule has 0 saturated heterocycles. The first kappa shape index (κ1) is 13.5. The highest BCUT2D eigenvalue weighted by molar-refractivity contribution is 5.97. The second-order valence-electron chi connectivity index (χ2n) is 4.69. The Labute approximate surface area is 112 Å². The smallest absolute Gasteiger partial charge is 0.171 e. The number of aromatic nitrogens is 2. The summed E-state index contributed by atoms with van der Waals surface area (Å²) in [5.74, 6) is -0.675. The molecule has 100 valence electrons. The maximum Gasteiger partial charge on any atom is 0.171 e. The van der Waals surface area contributed by atoms with Gasteiger partial charge < -0.3 is 0 Å². The van der Waals surface area contributed by atoms with Crippen molar-refractivity contribution in [3.05, 3.63) is 52.6 Å². The lowest BCUT2D eigenvalue weighted by molar-refractivity contribution is 0.0987. The Morgan fingerprint density at radius 1 is 1.37 bits per heavy atom. The number of carbonyl (C=O) groups is 1. The summed E-state index contributed by atoms with van der Waals surface area (Å²) in [6, 6.07) is 6.57. The van der Waals surface area contributed by atoms with Crippen molar-refractivity contribution in [3.63, 3.8) is 0 Å². The molecule has 0 bridgehead atoms. The molecule has 0 aliphatic heterocycles. The van der Waals surface area contributed by atoms with E-state index in [2.05, 4.69) is 5.10 Å². The second kappa shape index (κ2) is 5.34. The molecule has 19 heavy (non-hydrogen) atoms. The van der Waals surface area contributed by atoms with Crippen LogP contribution in [0.25, 0.3) is 0 Å². The van der Waals surface area contributed by atoms with Gasteiger partial charge in [0.1, 0.15) is 5.82 Å². The molecule has 1 heterocycles. The van der Waals surface area contributed by atoms with Gasteiger partial charge in [-0.05, 0) is 37.1 Å². The van der Waals surface area contributed by atoms with E-state index in [1.807, 2.05) is 13.0 Å². The normalized spacial score (nSPS) is 10.7. The zero-order valence-electron chi connectivity index (χ0n) is 11.4. The molecule has 2 aromatic rings. The molecule has 0 aliphatic carbocycles. The quantitative estimate of drug-likeness (QED) is 0.792. The van der Waals surface area contributed by atoms with Crippen LogP contribution in [0.15, 0.2) is 24.3 Å². The van der Waals surface area contributed by atoms with E-state index in [1.54, 1.807) is 30.8 Å². The van der Waals surface area contributed by atoms with Crippen LogP contribution < -0.4 is 0 Å². The van der Waals surface area contributed by atoms with Crippen molar-refractivity contribution in [3.8, 4) is 0 Å². The Bertz CT molecular complexity index is 617. The third-order valence-corrected chi connectivity index (χ3v) is 3.16. The average Bonchev–Trinajstić information content (AvgIpc) is 2.70. The lowest BCUT2D eigenvalue weighted by Crippen LogP contribution is -2.09. The SMILES string of the molecule is CCc1cc(CC(=O)c2ccc(C)cc2F)n(C)n1. The molecule has 1 aromatic carbocycles. The standard InChI is InChI=1S/C15H17FN2O/c1-4-11-8-12(18(3)17-11)9-15(19)13-6-5-10(2)7-14(13)16/h5-8H,4,9H2,1-3H3. The van der Waals surface area contributed by atoms with E-state index in [0.29, 0.717) is 0 Å². The number of Topliss-reactive ketones (excluding diaryl/α,β-unsaturated/α-hetero) is 1. The Morgan fingerprint density at radius 3 is 2.68 bits per heavy atom. The van der Waals surface area contributed by atoms with Crippen LogP contribution in [0.4, 0.5) is 4.39 Å².